The summed E-state index contributed by atoms with van der Waals surface area (Å²) < 4.78 is 0. The lowest BCUT2D eigenvalue weighted by Crippen LogP contribution is -2.25. The molecule has 0 saturated heterocycles. The summed E-state index contributed by atoms with van der Waals surface area (Å²) in [5, 5.41) is 3.33. The number of nitrogens with one attached hydrogen (secondary N) is 1. The molecule has 0 fully saturated rings. The second-order valence-electron chi connectivity index (χ2n) is 4.57. The van der Waals surface area contributed by atoms with Crippen LogP contribution in [-0.2, 0) is 13.0 Å². The zero-order valence-electron chi connectivity index (χ0n) is 10.4. The number of hydrogen-bond acceptors (Lipinski definition) is 2. The van der Waals surface area contributed by atoms with Crippen LogP contribution < -0.4 is 5.32 Å². The van der Waals surface area contributed by atoms with E-state index in [1.165, 1.54) is 11.1 Å². The van der Waals surface area contributed by atoms with E-state index in [0.29, 0.717) is 6.42 Å². The molecule has 0 aliphatic carbocycles. The number of carbonyl (C=O) groups is 1. The van der Waals surface area contributed by atoms with Crippen molar-refractivity contribution in [1.29, 1.82) is 0 Å². The Hall–Kier alpha value is -1.41. The molecular formula is C15H19NO. The van der Waals surface area contributed by atoms with E-state index in [2.05, 4.69) is 18.0 Å². The molecule has 0 amide bonds. The molecule has 0 radical (unpaired) electrons. The zero-order chi connectivity index (χ0) is 12.3. The Morgan fingerprint density at radius 3 is 3.06 bits per heavy atom. The maximum atomic E-state index is 12.2. The topological polar surface area (TPSA) is 29.1 Å². The van der Waals surface area contributed by atoms with Crippen LogP contribution in [0.1, 0.15) is 41.3 Å². The lowest BCUT2D eigenvalue weighted by Gasteiger charge is -2.19. The smallest absolute Gasteiger partial charge is 0.167 e. The van der Waals surface area contributed by atoms with E-state index in [1.54, 1.807) is 0 Å². The van der Waals surface area contributed by atoms with E-state index in [-0.39, 0.29) is 5.78 Å². The van der Waals surface area contributed by atoms with E-state index in [4.69, 9.17) is 0 Å². The predicted octanol–water partition coefficient (Wildman–Crippen LogP) is 2.87. The highest BCUT2D eigenvalue weighted by molar-refractivity contribution is 5.99. The SMILES string of the molecule is C=C(CC)CC(=O)c1cccc2c1CCNC2. The fourth-order valence-electron chi connectivity index (χ4n) is 2.24. The highest BCUT2D eigenvalue weighted by Crippen LogP contribution is 2.21. The van der Waals surface area contributed by atoms with Crippen LogP contribution in [0.4, 0.5) is 0 Å². The Morgan fingerprint density at radius 2 is 2.29 bits per heavy atom. The summed E-state index contributed by atoms with van der Waals surface area (Å²) in [6, 6.07) is 6.04. The van der Waals surface area contributed by atoms with Crippen molar-refractivity contribution in [2.45, 2.75) is 32.7 Å². The molecular weight excluding hydrogens is 210 g/mol. The fraction of sp³-hybridized carbons (Fsp3) is 0.400. The number of hydrogen-bond donors (Lipinski definition) is 1. The molecule has 0 atom stereocenters. The summed E-state index contributed by atoms with van der Waals surface area (Å²) in [5.41, 5.74) is 4.42. The molecule has 2 heteroatoms. The van der Waals surface area contributed by atoms with Crippen molar-refractivity contribution in [1.82, 2.24) is 5.32 Å². The molecule has 1 N–H and O–H groups in total. The van der Waals surface area contributed by atoms with Gasteiger partial charge in [0.2, 0.25) is 0 Å². The maximum Gasteiger partial charge on any atom is 0.167 e. The Balaban J connectivity index is 2.26. The second kappa shape index (κ2) is 5.28. The summed E-state index contributed by atoms with van der Waals surface area (Å²) >= 11 is 0. The number of benzene rings is 1. The molecule has 2 nitrogen and oxygen atoms in total. The van der Waals surface area contributed by atoms with Gasteiger partial charge in [0.15, 0.2) is 5.78 Å². The Bertz CT molecular complexity index is 448. The zero-order valence-corrected chi connectivity index (χ0v) is 10.4. The van der Waals surface area contributed by atoms with Crippen LogP contribution in [0.5, 0.6) is 0 Å². The quantitative estimate of drug-likeness (QED) is 0.635. The summed E-state index contributed by atoms with van der Waals surface area (Å²) in [7, 11) is 0. The van der Waals surface area contributed by atoms with Crippen molar-refractivity contribution < 1.29 is 4.79 Å². The third-order valence-corrected chi connectivity index (χ3v) is 3.35. The molecule has 17 heavy (non-hydrogen) atoms. The van der Waals surface area contributed by atoms with Gasteiger partial charge in [0.1, 0.15) is 0 Å². The van der Waals surface area contributed by atoms with Crippen LogP contribution in [0.3, 0.4) is 0 Å². The van der Waals surface area contributed by atoms with Gasteiger partial charge in [-0.05, 0) is 30.5 Å². The van der Waals surface area contributed by atoms with Gasteiger partial charge in [-0.1, -0.05) is 37.3 Å². The van der Waals surface area contributed by atoms with Crippen LogP contribution in [0, 0.1) is 0 Å². The van der Waals surface area contributed by atoms with Gasteiger partial charge in [-0.15, -0.1) is 0 Å². The summed E-state index contributed by atoms with van der Waals surface area (Å²) in [4.78, 5) is 12.2. The lowest BCUT2D eigenvalue weighted by atomic mass is 9.91. The molecule has 1 aliphatic rings. The molecule has 0 spiro atoms. The van der Waals surface area contributed by atoms with Crippen molar-refractivity contribution in [2.75, 3.05) is 6.54 Å². The first kappa shape index (κ1) is 12.1. The number of carbonyl (C=O) groups excluding carboxylic acids is 1. The van der Waals surface area contributed by atoms with Gasteiger partial charge in [0, 0.05) is 18.5 Å². The Morgan fingerprint density at radius 1 is 1.47 bits per heavy atom. The highest BCUT2D eigenvalue weighted by atomic mass is 16.1. The number of ketones is 1. The van der Waals surface area contributed by atoms with Gasteiger partial charge in [0.25, 0.3) is 0 Å². The van der Waals surface area contributed by atoms with Gasteiger partial charge in [-0.3, -0.25) is 4.79 Å². The Kier molecular flexibility index (Phi) is 3.75. The van der Waals surface area contributed by atoms with Gasteiger partial charge in [0.05, 0.1) is 0 Å². The van der Waals surface area contributed by atoms with Gasteiger partial charge >= 0.3 is 0 Å². The van der Waals surface area contributed by atoms with Crippen LogP contribution in [0.25, 0.3) is 0 Å². The molecule has 1 aliphatic heterocycles. The molecule has 1 aromatic carbocycles. The van der Waals surface area contributed by atoms with Crippen LogP contribution >= 0.6 is 0 Å². The van der Waals surface area contributed by atoms with Crippen LogP contribution in [0.15, 0.2) is 30.4 Å². The molecule has 0 unspecified atom stereocenters. The van der Waals surface area contributed by atoms with Crippen LogP contribution in [-0.4, -0.2) is 12.3 Å². The van der Waals surface area contributed by atoms with E-state index >= 15 is 0 Å². The highest BCUT2D eigenvalue weighted by Gasteiger charge is 2.17. The number of fused-ring (bicyclic) bond motifs is 1. The van der Waals surface area contributed by atoms with Crippen molar-refractivity contribution in [2.24, 2.45) is 0 Å². The molecule has 0 saturated carbocycles. The third kappa shape index (κ3) is 2.64. The lowest BCUT2D eigenvalue weighted by molar-refractivity contribution is 0.0991. The first-order chi connectivity index (χ1) is 8.22. The standard InChI is InChI=1S/C15H19NO/c1-3-11(2)9-15(17)14-6-4-5-12-10-16-8-7-13(12)14/h4-6,16H,2-3,7-10H2,1H3. The minimum Gasteiger partial charge on any atom is -0.312 e. The van der Waals surface area contributed by atoms with E-state index in [1.807, 2.05) is 19.1 Å². The summed E-state index contributed by atoms with van der Waals surface area (Å²) in [5.74, 6) is 0.218. The molecule has 1 aromatic rings. The average Bonchev–Trinajstić information content (AvgIpc) is 2.37. The number of Topliss-reactive ketones (excluding diaryl/α,β-unsaturated/α-hetero) is 1. The monoisotopic (exact) mass is 229 g/mol. The summed E-state index contributed by atoms with van der Waals surface area (Å²) in [6.07, 6.45) is 2.32. The average molecular weight is 229 g/mol. The maximum absolute atomic E-state index is 12.2. The largest absolute Gasteiger partial charge is 0.312 e. The molecule has 1 heterocycles. The van der Waals surface area contributed by atoms with Crippen LogP contribution in [0.2, 0.25) is 0 Å². The van der Waals surface area contributed by atoms with Crippen molar-refractivity contribution >= 4 is 5.78 Å². The van der Waals surface area contributed by atoms with E-state index in [0.717, 1.165) is 37.1 Å². The van der Waals surface area contributed by atoms with Crippen molar-refractivity contribution in [3.8, 4) is 0 Å². The van der Waals surface area contributed by atoms with Crippen molar-refractivity contribution in [3.63, 3.8) is 0 Å². The molecule has 2 rings (SSSR count). The fourth-order valence-corrected chi connectivity index (χ4v) is 2.24. The second-order valence-corrected chi connectivity index (χ2v) is 4.57. The molecule has 0 aromatic heterocycles. The normalized spacial score (nSPS) is 14.2. The first-order valence-electron chi connectivity index (χ1n) is 6.23. The minimum atomic E-state index is 0.218. The first-order valence-corrected chi connectivity index (χ1v) is 6.23. The molecule has 90 valence electrons. The van der Waals surface area contributed by atoms with Gasteiger partial charge in [-0.25, -0.2) is 0 Å². The number of rotatable bonds is 4. The predicted molar refractivity (Wildman–Crippen MR) is 70.2 cm³/mol. The minimum absolute atomic E-state index is 0.218. The van der Waals surface area contributed by atoms with Crippen molar-refractivity contribution in [3.05, 3.63) is 47.0 Å². The third-order valence-electron chi connectivity index (χ3n) is 3.35. The number of allylic oxidation sites excluding steroid dienone is 1. The van der Waals surface area contributed by atoms with E-state index in [9.17, 15) is 4.79 Å². The Labute approximate surface area is 103 Å². The van der Waals surface area contributed by atoms with E-state index < -0.39 is 0 Å². The van der Waals surface area contributed by atoms with Gasteiger partial charge in [-0.2, -0.15) is 0 Å². The molecule has 0 bridgehead atoms. The van der Waals surface area contributed by atoms with Gasteiger partial charge < -0.3 is 5.32 Å². The summed E-state index contributed by atoms with van der Waals surface area (Å²) in [6.45, 7) is 7.80.